The lowest BCUT2D eigenvalue weighted by atomic mass is 9.77. The largest absolute Gasteiger partial charge is 0.203 e. The third kappa shape index (κ3) is 6.98. The van der Waals surface area contributed by atoms with Crippen LogP contribution in [0.5, 0.6) is 0 Å². The molecule has 0 radical (unpaired) electrons. The van der Waals surface area contributed by atoms with Gasteiger partial charge >= 0.3 is 0 Å². The van der Waals surface area contributed by atoms with Crippen molar-refractivity contribution in [2.24, 2.45) is 11.8 Å². The molecule has 4 rings (SSSR count). The third-order valence-electron chi connectivity index (χ3n) is 8.94. The van der Waals surface area contributed by atoms with Gasteiger partial charge in [0.2, 0.25) is 0 Å². The van der Waals surface area contributed by atoms with E-state index in [4.69, 9.17) is 0 Å². The Hall–Kier alpha value is -2.36. The Morgan fingerprint density at radius 2 is 0.842 bits per heavy atom. The molecule has 2 aliphatic rings. The molecule has 0 aromatic heterocycles. The highest BCUT2D eigenvalue weighted by Gasteiger charge is 2.24. The minimum atomic E-state index is -1.80. The fourth-order valence-electron chi connectivity index (χ4n) is 6.63. The van der Waals surface area contributed by atoms with Gasteiger partial charge in [0.1, 0.15) is 0 Å². The minimum absolute atomic E-state index is 0.0807. The van der Waals surface area contributed by atoms with Crippen LogP contribution in [0, 0.1) is 11.8 Å². The van der Waals surface area contributed by atoms with Crippen molar-refractivity contribution in [1.82, 2.24) is 0 Å². The monoisotopic (exact) mass is 526 g/mol. The molecular weight excluding hydrogens is 484 g/mol. The first-order chi connectivity index (χ1) is 18.4. The molecule has 38 heavy (non-hydrogen) atoms. The highest BCUT2D eigenvalue weighted by molar-refractivity contribution is 5.71. The molecule has 0 nitrogen and oxygen atoms in total. The van der Waals surface area contributed by atoms with Crippen LogP contribution in [0.15, 0.2) is 60.2 Å². The molecule has 0 amide bonds. The van der Waals surface area contributed by atoms with Crippen molar-refractivity contribution < 1.29 is 17.6 Å². The van der Waals surface area contributed by atoms with Crippen LogP contribution in [0.1, 0.15) is 125 Å². The predicted octanol–water partition coefficient (Wildman–Crippen LogP) is 11.7. The molecular formula is C34H42F4. The summed E-state index contributed by atoms with van der Waals surface area (Å²) in [6.07, 6.45) is 14.1. The summed E-state index contributed by atoms with van der Waals surface area (Å²) in [5.41, 5.74) is 2.03. The summed E-state index contributed by atoms with van der Waals surface area (Å²) in [6, 6.07) is 13.0. The average Bonchev–Trinajstić information content (AvgIpc) is 2.97. The Morgan fingerprint density at radius 1 is 0.526 bits per heavy atom. The fraction of sp³-hybridized carbons (Fsp3) is 0.529. The summed E-state index contributed by atoms with van der Waals surface area (Å²) in [6.45, 7) is 4.43. The Morgan fingerprint density at radius 3 is 1.13 bits per heavy atom. The summed E-state index contributed by atoms with van der Waals surface area (Å²) in [4.78, 5) is 0. The maximum Gasteiger partial charge on any atom is 0.198 e. The Kier molecular flexibility index (Phi) is 10.3. The quantitative estimate of drug-likeness (QED) is 0.225. The van der Waals surface area contributed by atoms with E-state index in [-0.39, 0.29) is 11.1 Å². The van der Waals surface area contributed by atoms with Crippen molar-refractivity contribution in [3.63, 3.8) is 0 Å². The molecule has 0 aliphatic heterocycles. The van der Waals surface area contributed by atoms with E-state index >= 15 is 0 Å². The molecule has 206 valence electrons. The van der Waals surface area contributed by atoms with Crippen molar-refractivity contribution in [3.05, 3.63) is 82.4 Å². The predicted molar refractivity (Wildman–Crippen MR) is 150 cm³/mol. The van der Waals surface area contributed by atoms with Crippen LogP contribution in [0.2, 0.25) is 0 Å². The Bertz CT molecular complexity index is 991. The van der Waals surface area contributed by atoms with E-state index in [1.54, 1.807) is 24.3 Å². The van der Waals surface area contributed by atoms with E-state index in [2.05, 4.69) is 13.8 Å². The molecule has 0 bridgehead atoms. The third-order valence-corrected chi connectivity index (χ3v) is 8.94. The van der Waals surface area contributed by atoms with Gasteiger partial charge in [0.25, 0.3) is 0 Å². The van der Waals surface area contributed by atoms with Gasteiger partial charge in [0.15, 0.2) is 23.3 Å². The lowest BCUT2D eigenvalue weighted by Gasteiger charge is -2.28. The molecule has 0 heterocycles. The summed E-state index contributed by atoms with van der Waals surface area (Å²) in [5, 5.41) is 0. The molecule has 2 saturated carbocycles. The van der Waals surface area contributed by atoms with Crippen LogP contribution >= 0.6 is 0 Å². The van der Waals surface area contributed by atoms with Gasteiger partial charge in [-0.2, -0.15) is 0 Å². The van der Waals surface area contributed by atoms with Crippen LogP contribution in [0.4, 0.5) is 17.6 Å². The molecule has 0 unspecified atom stereocenters. The maximum absolute atomic E-state index is 14.8. The lowest BCUT2D eigenvalue weighted by molar-refractivity contribution is 0.308. The molecule has 0 atom stereocenters. The highest BCUT2D eigenvalue weighted by Crippen LogP contribution is 2.40. The van der Waals surface area contributed by atoms with E-state index in [9.17, 15) is 17.6 Å². The standard InChI is InChI=1S/C34H42F4/c1-3-5-23-7-11-25(12-8-23)27-15-19-29(20-16-27)31(35)33(37)34(38)32(36)30-21-17-28(18-22-30)26-13-9-24(6-4-2)10-14-26/h15-26H,3-14H2,1-2H3/b33-31+,34-32+. The van der Waals surface area contributed by atoms with Crippen molar-refractivity contribution in [2.45, 2.75) is 103 Å². The Balaban J connectivity index is 1.41. The SMILES string of the molecule is CCCC1CCC(c2ccc(/C(F)=C(F)/C(F)=C(\F)c3ccc(C4CCC(CCC)CC4)cc3)cc2)CC1. The summed E-state index contributed by atoms with van der Waals surface area (Å²) in [5.74, 6) is -3.95. The highest BCUT2D eigenvalue weighted by atomic mass is 19.2. The first-order valence-electron chi connectivity index (χ1n) is 14.7. The molecule has 2 aromatic carbocycles. The molecule has 2 fully saturated rings. The number of benzene rings is 2. The zero-order valence-corrected chi connectivity index (χ0v) is 22.9. The normalized spacial score (nSPS) is 25.5. The molecule has 0 saturated heterocycles. The fourth-order valence-corrected chi connectivity index (χ4v) is 6.63. The van der Waals surface area contributed by atoms with E-state index in [1.807, 2.05) is 0 Å². The van der Waals surface area contributed by atoms with Gasteiger partial charge in [0.05, 0.1) is 0 Å². The number of halogens is 4. The molecule has 0 spiro atoms. The number of hydrogen-bond donors (Lipinski definition) is 0. The zero-order chi connectivity index (χ0) is 27.1. The topological polar surface area (TPSA) is 0 Å². The van der Waals surface area contributed by atoms with Gasteiger partial charge in [-0.3, -0.25) is 0 Å². The van der Waals surface area contributed by atoms with Crippen molar-refractivity contribution in [3.8, 4) is 0 Å². The molecule has 2 aromatic rings. The van der Waals surface area contributed by atoms with Crippen LogP contribution in [0.3, 0.4) is 0 Å². The molecule has 0 N–H and O–H groups in total. The van der Waals surface area contributed by atoms with Gasteiger partial charge < -0.3 is 0 Å². The number of rotatable bonds is 9. The second-order valence-electron chi connectivity index (χ2n) is 11.5. The smallest absolute Gasteiger partial charge is 0.198 e. The van der Waals surface area contributed by atoms with E-state index < -0.39 is 23.3 Å². The second-order valence-corrected chi connectivity index (χ2v) is 11.5. The average molecular weight is 527 g/mol. The van der Waals surface area contributed by atoms with Gasteiger partial charge in [-0.15, -0.1) is 0 Å². The minimum Gasteiger partial charge on any atom is -0.203 e. The summed E-state index contributed by atoms with van der Waals surface area (Å²) < 4.78 is 59.0. The van der Waals surface area contributed by atoms with Gasteiger partial charge in [0, 0.05) is 11.1 Å². The maximum atomic E-state index is 14.8. The lowest BCUT2D eigenvalue weighted by Crippen LogP contribution is -2.13. The van der Waals surface area contributed by atoms with Crippen LogP contribution in [0.25, 0.3) is 11.7 Å². The van der Waals surface area contributed by atoms with Crippen molar-refractivity contribution >= 4 is 11.7 Å². The second kappa shape index (κ2) is 13.6. The van der Waals surface area contributed by atoms with Gasteiger partial charge in [-0.1, -0.05) is 88.1 Å². The van der Waals surface area contributed by atoms with Gasteiger partial charge in [-0.05, 0) is 86.2 Å². The first kappa shape index (κ1) is 28.6. The van der Waals surface area contributed by atoms with Crippen LogP contribution < -0.4 is 0 Å². The zero-order valence-electron chi connectivity index (χ0n) is 22.9. The first-order valence-corrected chi connectivity index (χ1v) is 14.7. The van der Waals surface area contributed by atoms with E-state index in [1.165, 1.54) is 75.6 Å². The molecule has 2 aliphatic carbocycles. The van der Waals surface area contributed by atoms with Crippen molar-refractivity contribution in [1.29, 1.82) is 0 Å². The van der Waals surface area contributed by atoms with Crippen LogP contribution in [-0.2, 0) is 0 Å². The summed E-state index contributed by atoms with van der Waals surface area (Å²) in [7, 11) is 0. The molecule has 4 heteroatoms. The van der Waals surface area contributed by atoms with Gasteiger partial charge in [-0.25, -0.2) is 17.6 Å². The van der Waals surface area contributed by atoms with E-state index in [0.717, 1.165) is 48.6 Å². The van der Waals surface area contributed by atoms with Crippen LogP contribution in [-0.4, -0.2) is 0 Å². The van der Waals surface area contributed by atoms with E-state index in [0.29, 0.717) is 11.8 Å². The van der Waals surface area contributed by atoms with Crippen molar-refractivity contribution in [2.75, 3.05) is 0 Å². The number of hydrogen-bond acceptors (Lipinski definition) is 0. The Labute approximate surface area is 226 Å². The summed E-state index contributed by atoms with van der Waals surface area (Å²) >= 11 is 0. The number of allylic oxidation sites excluding steroid dienone is 2.